The maximum atomic E-state index is 12.9. The molecule has 1 amide bonds. The van der Waals surface area contributed by atoms with Gasteiger partial charge in [0.25, 0.3) is 5.56 Å². The number of anilines is 1. The summed E-state index contributed by atoms with van der Waals surface area (Å²) < 4.78 is 1.74. The number of piperazine rings is 1. The third kappa shape index (κ3) is 3.90. The predicted octanol–water partition coefficient (Wildman–Crippen LogP) is 3.15. The van der Waals surface area contributed by atoms with E-state index in [9.17, 15) is 9.59 Å². The highest BCUT2D eigenvalue weighted by atomic mass is 35.5. The molecular weight excluding hydrogens is 408 g/mol. The molecule has 0 spiro atoms. The Labute approximate surface area is 179 Å². The highest BCUT2D eigenvalue weighted by Crippen LogP contribution is 2.33. The zero-order chi connectivity index (χ0) is 20.5. The zero-order valence-corrected chi connectivity index (χ0v) is 18.3. The van der Waals surface area contributed by atoms with Crippen molar-refractivity contribution in [2.75, 3.05) is 36.8 Å². The van der Waals surface area contributed by atoms with Gasteiger partial charge in [-0.1, -0.05) is 42.4 Å². The van der Waals surface area contributed by atoms with Crippen molar-refractivity contribution in [2.24, 2.45) is 0 Å². The van der Waals surface area contributed by atoms with Crippen LogP contribution in [0.2, 0.25) is 5.02 Å². The van der Waals surface area contributed by atoms with Crippen LogP contribution in [0.5, 0.6) is 0 Å². The van der Waals surface area contributed by atoms with Crippen LogP contribution < -0.4 is 10.5 Å². The maximum Gasteiger partial charge on any atom is 0.257 e. The van der Waals surface area contributed by atoms with E-state index in [0.29, 0.717) is 25.9 Å². The van der Waals surface area contributed by atoms with Crippen molar-refractivity contribution in [1.82, 2.24) is 14.5 Å². The largest absolute Gasteiger partial charge is 0.367 e. The molecule has 0 saturated carbocycles. The second-order valence-electron chi connectivity index (χ2n) is 7.48. The SMILES string of the molecule is CCc1c(C)nc2n(c1=O)C(CC(=O)N1CCN(c3ccccc3Cl)CC1)CS2. The van der Waals surface area contributed by atoms with Gasteiger partial charge in [-0.3, -0.25) is 14.2 Å². The van der Waals surface area contributed by atoms with E-state index in [4.69, 9.17) is 11.6 Å². The number of amides is 1. The van der Waals surface area contributed by atoms with Crippen molar-refractivity contribution >= 4 is 35.0 Å². The van der Waals surface area contributed by atoms with E-state index in [2.05, 4.69) is 9.88 Å². The molecule has 8 heteroatoms. The first-order valence-corrected chi connectivity index (χ1v) is 11.4. The number of carbonyl (C=O) groups is 1. The van der Waals surface area contributed by atoms with Gasteiger partial charge in [0.1, 0.15) is 0 Å². The minimum absolute atomic E-state index is 0.0151. The Morgan fingerprint density at radius 1 is 1.24 bits per heavy atom. The Morgan fingerprint density at radius 3 is 2.66 bits per heavy atom. The number of halogens is 1. The predicted molar refractivity (Wildman–Crippen MR) is 117 cm³/mol. The molecule has 29 heavy (non-hydrogen) atoms. The van der Waals surface area contributed by atoms with Crippen molar-refractivity contribution in [3.63, 3.8) is 0 Å². The molecule has 0 N–H and O–H groups in total. The molecule has 2 aliphatic heterocycles. The lowest BCUT2D eigenvalue weighted by Gasteiger charge is -2.37. The van der Waals surface area contributed by atoms with Crippen molar-refractivity contribution < 1.29 is 4.79 Å². The minimum atomic E-state index is -0.116. The molecule has 0 aliphatic carbocycles. The number of aromatic nitrogens is 2. The molecule has 0 bridgehead atoms. The Morgan fingerprint density at radius 2 is 1.97 bits per heavy atom. The van der Waals surface area contributed by atoms with E-state index in [1.165, 1.54) is 0 Å². The molecular formula is C21H25ClN4O2S. The molecule has 1 fully saturated rings. The van der Waals surface area contributed by atoms with E-state index >= 15 is 0 Å². The number of hydrogen-bond donors (Lipinski definition) is 0. The lowest BCUT2D eigenvalue weighted by atomic mass is 10.1. The Kier molecular flexibility index (Phi) is 5.88. The Hall–Kier alpha value is -1.99. The summed E-state index contributed by atoms with van der Waals surface area (Å²) in [6, 6.07) is 7.69. The third-order valence-corrected chi connectivity index (χ3v) is 7.16. The number of para-hydroxylation sites is 1. The average Bonchev–Trinajstić information content (AvgIpc) is 3.11. The fourth-order valence-electron chi connectivity index (χ4n) is 4.11. The molecule has 154 valence electrons. The molecule has 2 aromatic rings. The van der Waals surface area contributed by atoms with Crippen LogP contribution >= 0.6 is 23.4 Å². The lowest BCUT2D eigenvalue weighted by Crippen LogP contribution is -2.49. The van der Waals surface area contributed by atoms with Crippen molar-refractivity contribution in [1.29, 1.82) is 0 Å². The zero-order valence-electron chi connectivity index (χ0n) is 16.7. The smallest absolute Gasteiger partial charge is 0.257 e. The summed E-state index contributed by atoms with van der Waals surface area (Å²) in [6.45, 7) is 6.70. The van der Waals surface area contributed by atoms with Gasteiger partial charge in [-0.25, -0.2) is 4.98 Å². The van der Waals surface area contributed by atoms with Crippen LogP contribution in [-0.4, -0.2) is 52.3 Å². The summed E-state index contributed by atoms with van der Waals surface area (Å²) in [7, 11) is 0. The van der Waals surface area contributed by atoms with Crippen molar-refractivity contribution in [3.05, 3.63) is 50.9 Å². The summed E-state index contributed by atoms with van der Waals surface area (Å²) in [5, 5.41) is 1.48. The van der Waals surface area contributed by atoms with E-state index in [0.717, 1.165) is 46.0 Å². The second kappa shape index (κ2) is 8.40. The minimum Gasteiger partial charge on any atom is -0.367 e. The number of hydrogen-bond acceptors (Lipinski definition) is 5. The highest BCUT2D eigenvalue weighted by molar-refractivity contribution is 7.99. The van der Waals surface area contributed by atoms with Gasteiger partial charge in [0.15, 0.2) is 5.16 Å². The number of thioether (sulfide) groups is 1. The molecule has 1 aromatic carbocycles. The third-order valence-electron chi connectivity index (χ3n) is 5.74. The number of benzene rings is 1. The normalized spacial score (nSPS) is 18.8. The first-order valence-electron chi connectivity index (χ1n) is 10.0. The van der Waals surface area contributed by atoms with Gasteiger partial charge in [0, 0.05) is 49.6 Å². The molecule has 1 atom stereocenters. The summed E-state index contributed by atoms with van der Waals surface area (Å²) in [4.78, 5) is 34.5. The molecule has 6 nitrogen and oxygen atoms in total. The number of rotatable bonds is 4. The van der Waals surface area contributed by atoms with Crippen LogP contribution in [0.3, 0.4) is 0 Å². The van der Waals surface area contributed by atoms with E-state index < -0.39 is 0 Å². The molecule has 1 unspecified atom stereocenters. The van der Waals surface area contributed by atoms with Gasteiger partial charge in [0.2, 0.25) is 5.91 Å². The Balaban J connectivity index is 1.42. The molecule has 3 heterocycles. The molecule has 0 radical (unpaired) electrons. The molecule has 2 aliphatic rings. The standard InChI is InChI=1S/C21H25ClN4O2S/c1-3-16-14(2)23-21-26(20(16)28)15(13-29-21)12-19(27)25-10-8-24(9-11-25)18-7-5-4-6-17(18)22/h4-7,15H,3,8-13H2,1-2H3. The number of nitrogens with zero attached hydrogens (tertiary/aromatic N) is 4. The molecule has 1 saturated heterocycles. The van der Waals surface area contributed by atoms with Crippen LogP contribution in [0.25, 0.3) is 0 Å². The van der Waals surface area contributed by atoms with E-state index in [-0.39, 0.29) is 17.5 Å². The molecule has 4 rings (SSSR count). The van der Waals surface area contributed by atoms with Gasteiger partial charge < -0.3 is 9.80 Å². The summed E-state index contributed by atoms with van der Waals surface area (Å²) in [6.07, 6.45) is 1.01. The van der Waals surface area contributed by atoms with Gasteiger partial charge >= 0.3 is 0 Å². The fraction of sp³-hybridized carbons (Fsp3) is 0.476. The number of fused-ring (bicyclic) bond motifs is 1. The monoisotopic (exact) mass is 432 g/mol. The van der Waals surface area contributed by atoms with E-state index in [1.807, 2.05) is 43.0 Å². The van der Waals surface area contributed by atoms with Crippen LogP contribution in [0.15, 0.2) is 34.2 Å². The van der Waals surface area contributed by atoms with Gasteiger partial charge in [-0.2, -0.15) is 0 Å². The summed E-state index contributed by atoms with van der Waals surface area (Å²) >= 11 is 7.88. The second-order valence-corrected chi connectivity index (χ2v) is 8.87. The Bertz CT molecular complexity index is 985. The summed E-state index contributed by atoms with van der Waals surface area (Å²) in [5.41, 5.74) is 2.59. The van der Waals surface area contributed by atoms with Crippen LogP contribution in [0, 0.1) is 6.92 Å². The first kappa shape index (κ1) is 20.3. The topological polar surface area (TPSA) is 58.4 Å². The van der Waals surface area contributed by atoms with Crippen LogP contribution in [-0.2, 0) is 11.2 Å². The maximum absolute atomic E-state index is 12.9. The summed E-state index contributed by atoms with van der Waals surface area (Å²) in [5.74, 6) is 0.827. The van der Waals surface area contributed by atoms with Gasteiger partial charge in [-0.05, 0) is 25.5 Å². The average molecular weight is 433 g/mol. The van der Waals surface area contributed by atoms with Crippen molar-refractivity contribution in [3.8, 4) is 0 Å². The first-order chi connectivity index (χ1) is 14.0. The number of carbonyl (C=O) groups excluding carboxylic acids is 1. The van der Waals surface area contributed by atoms with Gasteiger partial charge in [0.05, 0.1) is 16.8 Å². The molecule has 1 aromatic heterocycles. The lowest BCUT2D eigenvalue weighted by molar-refractivity contribution is -0.132. The van der Waals surface area contributed by atoms with Crippen molar-refractivity contribution in [2.45, 2.75) is 37.9 Å². The van der Waals surface area contributed by atoms with Crippen LogP contribution in [0.4, 0.5) is 5.69 Å². The van der Waals surface area contributed by atoms with E-state index in [1.54, 1.807) is 16.3 Å². The van der Waals surface area contributed by atoms with Crippen LogP contribution in [0.1, 0.15) is 30.6 Å². The fourth-order valence-corrected chi connectivity index (χ4v) is 5.55. The van der Waals surface area contributed by atoms with Gasteiger partial charge in [-0.15, -0.1) is 0 Å². The quantitative estimate of drug-likeness (QED) is 0.694. The highest BCUT2D eigenvalue weighted by Gasteiger charge is 2.31. The number of aryl methyl sites for hydroxylation is 1.